The van der Waals surface area contributed by atoms with Crippen LogP contribution in [0.3, 0.4) is 0 Å². The fraction of sp³-hybridized carbons (Fsp3) is 0.222. The van der Waals surface area contributed by atoms with Crippen molar-refractivity contribution in [2.45, 2.75) is 6.04 Å². The summed E-state index contributed by atoms with van der Waals surface area (Å²) in [6, 6.07) is 9.12. The van der Waals surface area contributed by atoms with Crippen LogP contribution in [0.2, 0.25) is 0 Å². The average molecular weight is 377 g/mol. The SMILES string of the molecule is O=C(COC(=O)C1=COCCO1)N[C@H](c1ccc(F)cc1)c1cccs1. The van der Waals surface area contributed by atoms with Crippen molar-refractivity contribution in [2.75, 3.05) is 19.8 Å². The first-order valence-corrected chi connectivity index (χ1v) is 8.71. The summed E-state index contributed by atoms with van der Waals surface area (Å²) in [5.74, 6) is -1.69. The molecule has 0 saturated carbocycles. The van der Waals surface area contributed by atoms with Gasteiger partial charge in [-0.05, 0) is 29.1 Å². The van der Waals surface area contributed by atoms with Crippen molar-refractivity contribution >= 4 is 23.2 Å². The lowest BCUT2D eigenvalue weighted by atomic mass is 10.1. The van der Waals surface area contributed by atoms with Gasteiger partial charge in [0.2, 0.25) is 5.76 Å². The molecule has 1 atom stereocenters. The first-order valence-electron chi connectivity index (χ1n) is 7.83. The molecule has 136 valence electrons. The molecule has 1 aromatic heterocycles. The number of carbonyl (C=O) groups excluding carboxylic acids is 2. The Morgan fingerprint density at radius 2 is 2.04 bits per heavy atom. The van der Waals surface area contributed by atoms with Gasteiger partial charge in [0.15, 0.2) is 6.61 Å². The topological polar surface area (TPSA) is 73.9 Å². The van der Waals surface area contributed by atoms with Crippen molar-refractivity contribution in [2.24, 2.45) is 0 Å². The first kappa shape index (κ1) is 17.9. The number of esters is 1. The largest absolute Gasteiger partial charge is 0.493 e. The van der Waals surface area contributed by atoms with E-state index in [2.05, 4.69) is 5.32 Å². The van der Waals surface area contributed by atoms with Crippen LogP contribution < -0.4 is 5.32 Å². The molecule has 1 aliphatic heterocycles. The van der Waals surface area contributed by atoms with E-state index in [0.717, 1.165) is 16.7 Å². The van der Waals surface area contributed by atoms with Gasteiger partial charge in [0.05, 0.1) is 6.04 Å². The summed E-state index contributed by atoms with van der Waals surface area (Å²) in [5.41, 5.74) is 0.722. The molecule has 0 saturated heterocycles. The van der Waals surface area contributed by atoms with Gasteiger partial charge in [0.1, 0.15) is 25.3 Å². The molecule has 2 heterocycles. The van der Waals surface area contributed by atoms with E-state index < -0.39 is 24.5 Å². The van der Waals surface area contributed by atoms with Gasteiger partial charge >= 0.3 is 5.97 Å². The molecule has 1 aliphatic rings. The van der Waals surface area contributed by atoms with Gasteiger partial charge in [-0.2, -0.15) is 0 Å². The third-order valence-corrected chi connectivity index (χ3v) is 4.46. The monoisotopic (exact) mass is 377 g/mol. The minimum atomic E-state index is -0.769. The van der Waals surface area contributed by atoms with Gasteiger partial charge in [-0.1, -0.05) is 18.2 Å². The van der Waals surface area contributed by atoms with Crippen molar-refractivity contribution < 1.29 is 28.2 Å². The van der Waals surface area contributed by atoms with Crippen LogP contribution in [0.5, 0.6) is 0 Å². The molecule has 0 spiro atoms. The number of benzene rings is 1. The lowest BCUT2D eigenvalue weighted by Crippen LogP contribution is -2.33. The van der Waals surface area contributed by atoms with Crippen molar-refractivity contribution in [3.63, 3.8) is 0 Å². The van der Waals surface area contributed by atoms with Crippen molar-refractivity contribution in [1.82, 2.24) is 5.32 Å². The summed E-state index contributed by atoms with van der Waals surface area (Å²) in [7, 11) is 0. The van der Waals surface area contributed by atoms with Crippen molar-refractivity contribution in [3.8, 4) is 0 Å². The Morgan fingerprint density at radius 1 is 1.23 bits per heavy atom. The smallest absolute Gasteiger partial charge is 0.377 e. The summed E-state index contributed by atoms with van der Waals surface area (Å²) in [6.07, 6.45) is 1.16. The second-order valence-electron chi connectivity index (χ2n) is 5.34. The lowest BCUT2D eigenvalue weighted by molar-refractivity contribution is -0.149. The lowest BCUT2D eigenvalue weighted by Gasteiger charge is -2.18. The van der Waals surface area contributed by atoms with Crippen LogP contribution in [0.4, 0.5) is 4.39 Å². The molecular formula is C18H16FNO5S. The maximum Gasteiger partial charge on any atom is 0.377 e. The molecule has 8 heteroatoms. The fourth-order valence-corrected chi connectivity index (χ4v) is 3.11. The Hall–Kier alpha value is -2.87. The van der Waals surface area contributed by atoms with Crippen LogP contribution in [-0.2, 0) is 23.8 Å². The summed E-state index contributed by atoms with van der Waals surface area (Å²) in [5, 5.41) is 4.67. The van der Waals surface area contributed by atoms with Gasteiger partial charge in [-0.3, -0.25) is 4.79 Å². The van der Waals surface area contributed by atoms with Crippen LogP contribution in [0.25, 0.3) is 0 Å². The zero-order chi connectivity index (χ0) is 18.4. The third-order valence-electron chi connectivity index (χ3n) is 3.52. The molecule has 26 heavy (non-hydrogen) atoms. The van der Waals surface area contributed by atoms with Crippen LogP contribution >= 0.6 is 11.3 Å². The van der Waals surface area contributed by atoms with Crippen molar-refractivity contribution in [1.29, 1.82) is 0 Å². The minimum Gasteiger partial charge on any atom is -0.493 e. The highest BCUT2D eigenvalue weighted by molar-refractivity contribution is 7.10. The van der Waals surface area contributed by atoms with Gasteiger partial charge in [0.25, 0.3) is 5.91 Å². The van der Waals surface area contributed by atoms with Crippen LogP contribution in [0.15, 0.2) is 53.8 Å². The molecule has 0 aliphatic carbocycles. The van der Waals surface area contributed by atoms with E-state index in [0.29, 0.717) is 6.61 Å². The quantitative estimate of drug-likeness (QED) is 0.783. The predicted octanol–water partition coefficient (Wildman–Crippen LogP) is 2.52. The van der Waals surface area contributed by atoms with E-state index in [1.165, 1.54) is 23.5 Å². The third kappa shape index (κ3) is 4.60. The fourth-order valence-electron chi connectivity index (χ4n) is 2.31. The minimum absolute atomic E-state index is 0.0719. The number of nitrogens with one attached hydrogen (secondary N) is 1. The Bertz CT molecular complexity index is 788. The molecule has 0 radical (unpaired) electrons. The molecule has 0 fully saturated rings. The normalized spacial score (nSPS) is 14.4. The van der Waals surface area contributed by atoms with Gasteiger partial charge in [0, 0.05) is 4.88 Å². The zero-order valence-corrected chi connectivity index (χ0v) is 14.5. The number of carbonyl (C=O) groups is 2. The van der Waals surface area contributed by atoms with Crippen LogP contribution in [-0.4, -0.2) is 31.7 Å². The summed E-state index contributed by atoms with van der Waals surface area (Å²) < 4.78 is 28.2. The molecule has 6 nitrogen and oxygen atoms in total. The maximum atomic E-state index is 13.2. The second-order valence-corrected chi connectivity index (χ2v) is 6.32. The van der Waals surface area contributed by atoms with Crippen molar-refractivity contribution in [3.05, 3.63) is 70.1 Å². The first-order chi connectivity index (χ1) is 12.6. The number of hydrogen-bond acceptors (Lipinski definition) is 6. The summed E-state index contributed by atoms with van der Waals surface area (Å²) in [4.78, 5) is 24.9. The Balaban J connectivity index is 1.63. The number of rotatable bonds is 6. The Kier molecular flexibility index (Phi) is 5.85. The van der Waals surface area contributed by atoms with Gasteiger partial charge in [-0.25, -0.2) is 9.18 Å². The standard InChI is InChI=1S/C18H16FNO5S/c19-13-5-3-12(4-6-13)17(15-2-1-9-26-15)20-16(21)11-25-18(22)14-10-23-7-8-24-14/h1-6,9-10,17H,7-8,11H2,(H,20,21)/t17-/m1/s1. The number of amides is 1. The molecule has 1 aromatic carbocycles. The van der Waals surface area contributed by atoms with E-state index in [-0.39, 0.29) is 18.2 Å². The van der Waals surface area contributed by atoms with E-state index >= 15 is 0 Å². The molecule has 0 bridgehead atoms. The highest BCUT2D eigenvalue weighted by Crippen LogP contribution is 2.26. The molecule has 1 N–H and O–H groups in total. The van der Waals surface area contributed by atoms with Crippen LogP contribution in [0, 0.1) is 5.82 Å². The van der Waals surface area contributed by atoms with Gasteiger partial charge in [-0.15, -0.1) is 11.3 Å². The maximum absolute atomic E-state index is 13.2. The Labute approximate surface area is 153 Å². The van der Waals surface area contributed by atoms with Gasteiger partial charge < -0.3 is 19.5 Å². The second kappa shape index (κ2) is 8.48. The van der Waals surface area contributed by atoms with E-state index in [1.807, 2.05) is 17.5 Å². The molecular weight excluding hydrogens is 361 g/mol. The molecule has 0 unspecified atom stereocenters. The summed E-state index contributed by atoms with van der Waals surface area (Å²) in [6.45, 7) is 0.137. The predicted molar refractivity (Wildman–Crippen MR) is 91.7 cm³/mol. The molecule has 1 amide bonds. The molecule has 2 aromatic rings. The highest BCUT2D eigenvalue weighted by atomic mass is 32.1. The molecule has 3 rings (SSSR count). The van der Waals surface area contributed by atoms with Crippen LogP contribution in [0.1, 0.15) is 16.5 Å². The van der Waals surface area contributed by atoms with E-state index in [1.54, 1.807) is 12.1 Å². The zero-order valence-electron chi connectivity index (χ0n) is 13.6. The Morgan fingerprint density at radius 3 is 2.69 bits per heavy atom. The summed E-state index contributed by atoms with van der Waals surface area (Å²) >= 11 is 1.46. The highest BCUT2D eigenvalue weighted by Gasteiger charge is 2.21. The average Bonchev–Trinajstić information content (AvgIpc) is 3.20. The van der Waals surface area contributed by atoms with E-state index in [4.69, 9.17) is 14.2 Å². The number of halogens is 1. The number of thiophene rings is 1. The number of ether oxygens (including phenoxy) is 3. The number of hydrogen-bond donors (Lipinski definition) is 1. The van der Waals surface area contributed by atoms with E-state index in [9.17, 15) is 14.0 Å².